The van der Waals surface area contributed by atoms with Crippen molar-refractivity contribution in [1.29, 1.82) is 0 Å². The lowest BCUT2D eigenvalue weighted by Crippen LogP contribution is -2.48. The summed E-state index contributed by atoms with van der Waals surface area (Å²) >= 11 is 1.31. The summed E-state index contributed by atoms with van der Waals surface area (Å²) in [5, 5.41) is 4.69. The van der Waals surface area contributed by atoms with Gasteiger partial charge in [0, 0.05) is 36.0 Å². The maximum Gasteiger partial charge on any atom is 0.341 e. The molecule has 2 fully saturated rings. The van der Waals surface area contributed by atoms with Crippen LogP contribution in [-0.2, 0) is 24.3 Å². The van der Waals surface area contributed by atoms with Gasteiger partial charge in [0.2, 0.25) is 11.0 Å². The van der Waals surface area contributed by atoms with Crippen molar-refractivity contribution >= 4 is 44.2 Å². The SMILES string of the molecule is COC(=O)c1cc(S(=O)(=O)N2CCC([C@@H](CC3CCCCC3)C(=O)Nc3nccs3)C(=O)C2)oc1C. The molecule has 10 nitrogen and oxygen atoms in total. The molecule has 3 heterocycles. The predicted octanol–water partition coefficient (Wildman–Crippen LogP) is 3.64. The number of anilines is 1. The molecule has 12 heteroatoms. The van der Waals surface area contributed by atoms with Crippen LogP contribution in [0.15, 0.2) is 27.2 Å². The van der Waals surface area contributed by atoms with E-state index in [2.05, 4.69) is 15.0 Å². The van der Waals surface area contributed by atoms with Gasteiger partial charge in [-0.15, -0.1) is 11.3 Å². The molecule has 1 aliphatic carbocycles. The van der Waals surface area contributed by atoms with Gasteiger partial charge < -0.3 is 14.5 Å². The van der Waals surface area contributed by atoms with E-state index >= 15 is 0 Å². The van der Waals surface area contributed by atoms with Gasteiger partial charge in [-0.1, -0.05) is 32.1 Å². The first kappa shape index (κ1) is 26.5. The van der Waals surface area contributed by atoms with Crippen molar-refractivity contribution in [3.63, 3.8) is 0 Å². The third kappa shape index (κ3) is 5.70. The van der Waals surface area contributed by atoms with E-state index in [1.54, 1.807) is 11.6 Å². The highest BCUT2D eigenvalue weighted by atomic mass is 32.2. The highest BCUT2D eigenvalue weighted by Gasteiger charge is 2.42. The average Bonchev–Trinajstić information content (AvgIpc) is 3.52. The Morgan fingerprint density at radius 1 is 1.28 bits per heavy atom. The Morgan fingerprint density at radius 2 is 2.03 bits per heavy atom. The summed E-state index contributed by atoms with van der Waals surface area (Å²) in [5.41, 5.74) is 0.0173. The minimum atomic E-state index is -4.15. The van der Waals surface area contributed by atoms with Crippen LogP contribution in [0.1, 0.15) is 61.1 Å². The molecule has 1 N–H and O–H groups in total. The molecule has 196 valence electrons. The number of hydrogen-bond acceptors (Lipinski definition) is 9. The Labute approximate surface area is 214 Å². The average molecular weight is 538 g/mol. The van der Waals surface area contributed by atoms with Gasteiger partial charge in [0.15, 0.2) is 10.9 Å². The summed E-state index contributed by atoms with van der Waals surface area (Å²) in [5.74, 6) is -1.89. The zero-order chi connectivity index (χ0) is 25.9. The minimum Gasteiger partial charge on any atom is -0.465 e. The fraction of sp³-hybridized carbons (Fsp3) is 0.583. The summed E-state index contributed by atoms with van der Waals surface area (Å²) in [4.78, 5) is 42.6. The first-order chi connectivity index (χ1) is 17.2. The Bertz CT molecular complexity index is 1200. The number of aromatic nitrogens is 1. The second-order valence-corrected chi connectivity index (χ2v) is 12.2. The van der Waals surface area contributed by atoms with Crippen LogP contribution in [0.25, 0.3) is 0 Å². The molecule has 1 aliphatic heterocycles. The Kier molecular flexibility index (Phi) is 8.26. The third-order valence-corrected chi connectivity index (χ3v) is 9.52. The summed E-state index contributed by atoms with van der Waals surface area (Å²) in [6.45, 7) is 1.18. The van der Waals surface area contributed by atoms with Crippen molar-refractivity contribution in [2.24, 2.45) is 17.8 Å². The smallest absolute Gasteiger partial charge is 0.341 e. The lowest BCUT2D eigenvalue weighted by molar-refractivity contribution is -0.133. The molecular formula is C24H31N3O7S2. The molecule has 1 saturated carbocycles. The van der Waals surface area contributed by atoms with Crippen molar-refractivity contribution < 1.29 is 32.0 Å². The number of hydrogen-bond donors (Lipinski definition) is 1. The van der Waals surface area contributed by atoms with E-state index in [1.165, 1.54) is 31.8 Å². The molecule has 0 spiro atoms. The number of carbonyl (C=O) groups is 3. The monoisotopic (exact) mass is 537 g/mol. The number of sulfonamides is 1. The quantitative estimate of drug-likeness (QED) is 0.504. The number of ketones is 1. The van der Waals surface area contributed by atoms with Crippen LogP contribution in [0.2, 0.25) is 0 Å². The van der Waals surface area contributed by atoms with Crippen LogP contribution in [-0.4, -0.2) is 55.6 Å². The molecule has 1 amide bonds. The van der Waals surface area contributed by atoms with E-state index in [-0.39, 0.29) is 42.5 Å². The van der Waals surface area contributed by atoms with Crippen molar-refractivity contribution in [1.82, 2.24) is 9.29 Å². The highest BCUT2D eigenvalue weighted by Crippen LogP contribution is 2.36. The molecule has 2 aliphatic rings. The standard InChI is InChI=1S/C24H31N3O7S2/c1-15-18(23(30)33-2)13-21(34-15)36(31,32)27-10-8-17(20(28)14-27)19(12-16-6-4-3-5-7-16)22(29)26-24-25-9-11-35-24/h9,11,13,16-17,19H,3-8,10,12,14H2,1-2H3,(H,25,26,29)/t17?,19-/m1/s1. The molecule has 2 atom stereocenters. The van der Waals surface area contributed by atoms with E-state index in [0.717, 1.165) is 36.1 Å². The van der Waals surface area contributed by atoms with Crippen molar-refractivity contribution in [3.05, 3.63) is 29.0 Å². The fourth-order valence-corrected chi connectivity index (χ4v) is 7.11. The third-order valence-electron chi connectivity index (χ3n) is 7.13. The Morgan fingerprint density at radius 3 is 2.67 bits per heavy atom. The number of Topliss-reactive ketones (excluding diaryl/α,β-unsaturated/α-hetero) is 1. The highest BCUT2D eigenvalue weighted by molar-refractivity contribution is 7.89. The molecule has 2 aromatic heterocycles. The van der Waals surface area contributed by atoms with E-state index in [4.69, 9.17) is 4.42 Å². The van der Waals surface area contributed by atoms with E-state index in [0.29, 0.717) is 17.5 Å². The van der Waals surface area contributed by atoms with Gasteiger partial charge in [-0.05, 0) is 25.7 Å². The van der Waals surface area contributed by atoms with Crippen molar-refractivity contribution in [2.45, 2.75) is 57.0 Å². The predicted molar refractivity (Wildman–Crippen MR) is 132 cm³/mol. The number of thiazole rings is 1. The number of nitrogens with zero attached hydrogens (tertiary/aromatic N) is 2. The number of carbonyl (C=O) groups excluding carboxylic acids is 3. The van der Waals surface area contributed by atoms with Gasteiger partial charge in [-0.25, -0.2) is 18.2 Å². The fourth-order valence-electron chi connectivity index (χ4n) is 5.19. The molecule has 0 bridgehead atoms. The van der Waals surface area contributed by atoms with Crippen molar-refractivity contribution in [2.75, 3.05) is 25.5 Å². The molecular weight excluding hydrogens is 506 g/mol. The topological polar surface area (TPSA) is 136 Å². The maximum atomic E-state index is 13.3. The summed E-state index contributed by atoms with van der Waals surface area (Å²) in [6.07, 6.45) is 7.91. The largest absolute Gasteiger partial charge is 0.465 e. The molecule has 0 radical (unpaired) electrons. The van der Waals surface area contributed by atoms with Crippen LogP contribution in [0.3, 0.4) is 0 Å². The number of nitrogens with one attached hydrogen (secondary N) is 1. The first-order valence-electron chi connectivity index (χ1n) is 12.1. The zero-order valence-electron chi connectivity index (χ0n) is 20.4. The van der Waals surface area contributed by atoms with Crippen molar-refractivity contribution in [3.8, 4) is 0 Å². The van der Waals surface area contributed by atoms with Gasteiger partial charge in [-0.3, -0.25) is 9.59 Å². The number of rotatable bonds is 8. The molecule has 4 rings (SSSR count). The molecule has 0 aromatic carbocycles. The first-order valence-corrected chi connectivity index (χ1v) is 14.4. The lowest BCUT2D eigenvalue weighted by atomic mass is 9.75. The summed E-state index contributed by atoms with van der Waals surface area (Å²) < 4.78 is 37.5. The summed E-state index contributed by atoms with van der Waals surface area (Å²) in [7, 11) is -2.95. The van der Waals surface area contributed by atoms with E-state index in [1.807, 2.05) is 0 Å². The molecule has 36 heavy (non-hydrogen) atoms. The number of amides is 1. The molecule has 2 aromatic rings. The second kappa shape index (κ2) is 11.2. The zero-order valence-corrected chi connectivity index (χ0v) is 22.0. The van der Waals surface area contributed by atoms with Gasteiger partial charge in [0.25, 0.3) is 10.0 Å². The minimum absolute atomic E-state index is 0.0173. The second-order valence-electron chi connectivity index (χ2n) is 9.40. The van der Waals surface area contributed by atoms with Crippen LogP contribution in [0.4, 0.5) is 5.13 Å². The van der Waals surface area contributed by atoms with Crippen LogP contribution in [0, 0.1) is 24.7 Å². The number of furan rings is 1. The van der Waals surface area contributed by atoms with Crippen LogP contribution < -0.4 is 5.32 Å². The normalized spacial score (nSPS) is 20.7. The lowest BCUT2D eigenvalue weighted by Gasteiger charge is -2.35. The van der Waals surface area contributed by atoms with E-state index < -0.39 is 32.9 Å². The van der Waals surface area contributed by atoms with Crippen LogP contribution in [0.5, 0.6) is 0 Å². The van der Waals surface area contributed by atoms with Gasteiger partial charge in [0.1, 0.15) is 11.3 Å². The van der Waals surface area contributed by atoms with E-state index in [9.17, 15) is 22.8 Å². The molecule has 1 saturated heterocycles. The van der Waals surface area contributed by atoms with Gasteiger partial charge in [-0.2, -0.15) is 4.31 Å². The van der Waals surface area contributed by atoms with Gasteiger partial charge >= 0.3 is 5.97 Å². The summed E-state index contributed by atoms with van der Waals surface area (Å²) in [6, 6.07) is 1.13. The maximum absolute atomic E-state index is 13.3. The number of esters is 1. The number of aryl methyl sites for hydroxylation is 1. The Hall–Kier alpha value is -2.57. The number of methoxy groups -OCH3 is 1. The molecule has 1 unspecified atom stereocenters. The van der Waals surface area contributed by atoms with Gasteiger partial charge in [0.05, 0.1) is 13.7 Å². The number of ether oxygens (including phenoxy) is 1. The Balaban J connectivity index is 1.50. The number of piperidine rings is 1. The van der Waals surface area contributed by atoms with Crippen LogP contribution >= 0.6 is 11.3 Å².